The summed E-state index contributed by atoms with van der Waals surface area (Å²) in [5.74, 6) is 2.10. The number of hydrogen-bond donors (Lipinski definition) is 1. The molecule has 0 atom stereocenters. The normalized spacial score (nSPS) is 13.6. The molecule has 0 amide bonds. The highest BCUT2D eigenvalue weighted by atomic mass is 32.2. The number of aromatic nitrogens is 3. The maximum atomic E-state index is 4.47. The smallest absolute Gasteiger partial charge is 0.149 e. The van der Waals surface area contributed by atoms with Crippen molar-refractivity contribution in [2.45, 2.75) is 30.0 Å². The zero-order valence-corrected chi connectivity index (χ0v) is 14.5. The molecule has 3 aromatic rings. The topological polar surface area (TPSA) is 50.7 Å². The van der Waals surface area contributed by atoms with E-state index < -0.39 is 0 Å². The number of hydrogen-bond acceptors (Lipinski definition) is 7. The summed E-state index contributed by atoms with van der Waals surface area (Å²) in [6, 6.07) is 0. The molecule has 0 unspecified atom stereocenters. The minimum absolute atomic E-state index is 0.940. The van der Waals surface area contributed by atoms with Gasteiger partial charge in [-0.25, -0.2) is 15.0 Å². The molecule has 4 rings (SSSR count). The summed E-state index contributed by atoms with van der Waals surface area (Å²) in [7, 11) is 0. The summed E-state index contributed by atoms with van der Waals surface area (Å²) in [5, 5.41) is 6.80. The number of nitrogens with one attached hydrogen (secondary N) is 1. The van der Waals surface area contributed by atoms with Gasteiger partial charge in [-0.15, -0.1) is 22.7 Å². The zero-order valence-electron chi connectivity index (χ0n) is 12.0. The van der Waals surface area contributed by atoms with Crippen LogP contribution in [0.1, 0.15) is 23.3 Å². The summed E-state index contributed by atoms with van der Waals surface area (Å²) in [5.41, 5.74) is 1.49. The van der Waals surface area contributed by atoms with E-state index in [1.165, 1.54) is 35.1 Å². The lowest BCUT2D eigenvalue weighted by molar-refractivity contribution is 0.916. The molecule has 0 bridgehead atoms. The van der Waals surface area contributed by atoms with E-state index in [1.807, 2.05) is 34.7 Å². The second-order valence-electron chi connectivity index (χ2n) is 5.19. The van der Waals surface area contributed by atoms with E-state index in [0.29, 0.717) is 0 Å². The third-order valence-corrected chi connectivity index (χ3v) is 7.00. The first kappa shape index (κ1) is 14.4. The Labute approximate surface area is 141 Å². The van der Waals surface area contributed by atoms with E-state index in [0.717, 1.165) is 33.7 Å². The maximum Gasteiger partial charge on any atom is 0.149 e. The van der Waals surface area contributed by atoms with E-state index in [-0.39, 0.29) is 0 Å². The van der Waals surface area contributed by atoms with Gasteiger partial charge in [-0.1, -0.05) is 11.8 Å². The van der Waals surface area contributed by atoms with E-state index in [4.69, 9.17) is 0 Å². The van der Waals surface area contributed by atoms with Crippen LogP contribution in [0.3, 0.4) is 0 Å². The van der Waals surface area contributed by atoms with Crippen molar-refractivity contribution in [1.29, 1.82) is 0 Å². The third kappa shape index (κ3) is 2.85. The molecule has 114 valence electrons. The largest absolute Gasteiger partial charge is 0.369 e. The first-order valence-electron chi connectivity index (χ1n) is 7.43. The Morgan fingerprint density at radius 3 is 3.14 bits per heavy atom. The van der Waals surface area contributed by atoms with Crippen molar-refractivity contribution in [3.05, 3.63) is 28.3 Å². The Morgan fingerprint density at radius 1 is 1.23 bits per heavy atom. The summed E-state index contributed by atoms with van der Waals surface area (Å²) >= 11 is 5.37. The van der Waals surface area contributed by atoms with E-state index in [2.05, 4.69) is 20.3 Å². The summed E-state index contributed by atoms with van der Waals surface area (Å²) in [4.78, 5) is 15.8. The molecular formula is C15H16N4S3. The highest BCUT2D eigenvalue weighted by molar-refractivity contribution is 8.00. The van der Waals surface area contributed by atoms with Gasteiger partial charge in [0.15, 0.2) is 0 Å². The monoisotopic (exact) mass is 348 g/mol. The molecule has 7 heteroatoms. The van der Waals surface area contributed by atoms with Crippen LogP contribution >= 0.6 is 34.4 Å². The Morgan fingerprint density at radius 2 is 2.23 bits per heavy atom. The molecule has 4 nitrogen and oxygen atoms in total. The average molecular weight is 349 g/mol. The Balaban J connectivity index is 1.39. The van der Waals surface area contributed by atoms with E-state index in [9.17, 15) is 0 Å². The van der Waals surface area contributed by atoms with Crippen LogP contribution in [-0.2, 0) is 12.8 Å². The van der Waals surface area contributed by atoms with E-state index in [1.54, 1.807) is 17.7 Å². The minimum atomic E-state index is 0.940. The molecule has 22 heavy (non-hydrogen) atoms. The number of thiazole rings is 1. The first-order chi connectivity index (χ1) is 10.9. The molecule has 0 aliphatic heterocycles. The van der Waals surface area contributed by atoms with Crippen LogP contribution in [0, 0.1) is 0 Å². The van der Waals surface area contributed by atoms with Gasteiger partial charge in [-0.2, -0.15) is 0 Å². The predicted molar refractivity (Wildman–Crippen MR) is 95.4 cm³/mol. The molecule has 0 fully saturated rings. The Kier molecular flexibility index (Phi) is 4.27. The number of fused-ring (bicyclic) bond motifs is 3. The van der Waals surface area contributed by atoms with Gasteiger partial charge in [-0.05, 0) is 31.2 Å². The van der Waals surface area contributed by atoms with Crippen molar-refractivity contribution in [3.63, 3.8) is 0 Å². The van der Waals surface area contributed by atoms with Crippen LogP contribution in [-0.4, -0.2) is 27.2 Å². The molecule has 1 aliphatic rings. The second kappa shape index (κ2) is 6.52. The molecule has 1 aliphatic carbocycles. The Bertz CT molecular complexity index is 767. The van der Waals surface area contributed by atoms with Crippen LogP contribution < -0.4 is 5.32 Å². The van der Waals surface area contributed by atoms with Gasteiger partial charge in [-0.3, -0.25) is 0 Å². The molecule has 3 heterocycles. The first-order valence-corrected chi connectivity index (χ1v) is 10.1. The van der Waals surface area contributed by atoms with Crippen molar-refractivity contribution in [2.24, 2.45) is 0 Å². The van der Waals surface area contributed by atoms with Crippen LogP contribution in [0.2, 0.25) is 0 Å². The van der Waals surface area contributed by atoms with Gasteiger partial charge in [0, 0.05) is 28.8 Å². The number of thiophene rings is 1. The second-order valence-corrected chi connectivity index (χ2v) is 8.51. The summed E-state index contributed by atoms with van der Waals surface area (Å²) < 4.78 is 1.15. The molecule has 0 saturated heterocycles. The van der Waals surface area contributed by atoms with Gasteiger partial charge < -0.3 is 5.32 Å². The lowest BCUT2D eigenvalue weighted by atomic mass is 10.2. The zero-order chi connectivity index (χ0) is 14.8. The molecule has 3 aromatic heterocycles. The van der Waals surface area contributed by atoms with Crippen molar-refractivity contribution in [1.82, 2.24) is 15.0 Å². The van der Waals surface area contributed by atoms with Gasteiger partial charge >= 0.3 is 0 Å². The number of aryl methyl sites for hydroxylation is 2. The van der Waals surface area contributed by atoms with Crippen LogP contribution in [0.15, 0.2) is 22.2 Å². The lowest BCUT2D eigenvalue weighted by Crippen LogP contribution is -2.05. The van der Waals surface area contributed by atoms with Gasteiger partial charge in [0.05, 0.1) is 5.39 Å². The highest BCUT2D eigenvalue weighted by Crippen LogP contribution is 2.38. The van der Waals surface area contributed by atoms with Crippen LogP contribution in [0.5, 0.6) is 0 Å². The van der Waals surface area contributed by atoms with Crippen LogP contribution in [0.4, 0.5) is 5.82 Å². The molecule has 0 spiro atoms. The summed E-state index contributed by atoms with van der Waals surface area (Å²) in [6.07, 6.45) is 8.30. The van der Waals surface area contributed by atoms with Gasteiger partial charge in [0.25, 0.3) is 0 Å². The minimum Gasteiger partial charge on any atom is -0.369 e. The maximum absolute atomic E-state index is 4.47. The summed E-state index contributed by atoms with van der Waals surface area (Å²) in [6.45, 7) is 0.940. The van der Waals surface area contributed by atoms with Crippen molar-refractivity contribution in [3.8, 4) is 0 Å². The average Bonchev–Trinajstić information content (AvgIpc) is 3.23. The fourth-order valence-electron chi connectivity index (χ4n) is 2.78. The number of rotatable bonds is 6. The lowest BCUT2D eigenvalue weighted by Gasteiger charge is -2.07. The van der Waals surface area contributed by atoms with Gasteiger partial charge in [0.2, 0.25) is 0 Å². The van der Waals surface area contributed by atoms with Gasteiger partial charge in [0.1, 0.15) is 21.3 Å². The SMILES string of the molecule is c1csc(SCCCNc2ncnc3sc4c(c23)CCC4)n1. The van der Waals surface area contributed by atoms with Crippen LogP contribution in [0.25, 0.3) is 10.2 Å². The fourth-order valence-corrected chi connectivity index (χ4v) is 5.66. The van der Waals surface area contributed by atoms with Crippen molar-refractivity contribution < 1.29 is 0 Å². The van der Waals surface area contributed by atoms with Crippen molar-refractivity contribution in [2.75, 3.05) is 17.6 Å². The quantitative estimate of drug-likeness (QED) is 0.533. The predicted octanol–water partition coefficient (Wildman–Crippen LogP) is 4.23. The molecule has 0 saturated carbocycles. The highest BCUT2D eigenvalue weighted by Gasteiger charge is 2.20. The third-order valence-electron chi connectivity index (χ3n) is 3.75. The molecule has 1 N–H and O–H groups in total. The fraction of sp³-hybridized carbons (Fsp3) is 0.400. The molecular weight excluding hydrogens is 332 g/mol. The molecule has 0 aromatic carbocycles. The number of anilines is 1. The molecule has 0 radical (unpaired) electrons. The number of nitrogens with zero attached hydrogens (tertiary/aromatic N) is 3. The van der Waals surface area contributed by atoms with E-state index >= 15 is 0 Å². The standard InChI is InChI=1S/C15H16N4S3/c1-3-10-11(4-1)22-14-12(10)13(18-9-19-14)16-5-2-7-20-15-17-6-8-21-15/h6,8-9H,1-5,7H2,(H,16,18,19). The van der Waals surface area contributed by atoms with Crippen molar-refractivity contribution >= 4 is 50.5 Å². The number of thioether (sulfide) groups is 1. The Hall–Kier alpha value is -1.18.